The topological polar surface area (TPSA) is 36.4 Å². The first kappa shape index (κ1) is 13.3. The molecule has 18 heavy (non-hydrogen) atoms. The predicted molar refractivity (Wildman–Crippen MR) is 76.3 cm³/mol. The van der Waals surface area contributed by atoms with Crippen LogP contribution in [0.3, 0.4) is 0 Å². The van der Waals surface area contributed by atoms with E-state index in [4.69, 9.17) is 11.6 Å². The van der Waals surface area contributed by atoms with E-state index in [2.05, 4.69) is 4.98 Å². The Balaban J connectivity index is 2.25. The summed E-state index contributed by atoms with van der Waals surface area (Å²) in [5, 5.41) is 13.1. The Morgan fingerprint density at radius 3 is 2.83 bits per heavy atom. The summed E-state index contributed by atoms with van der Waals surface area (Å²) in [5.41, 5.74) is 2.72. The summed E-state index contributed by atoms with van der Waals surface area (Å²) in [6, 6.07) is 5.56. The molecule has 1 aromatic heterocycles. The van der Waals surface area contributed by atoms with E-state index in [-0.39, 0.29) is 6.61 Å². The number of aliphatic hydroxyl groups is 1. The van der Waals surface area contributed by atoms with E-state index in [0.717, 1.165) is 22.0 Å². The van der Waals surface area contributed by atoms with E-state index < -0.39 is 0 Å². The van der Waals surface area contributed by atoms with Crippen LogP contribution in [0.2, 0.25) is 5.02 Å². The zero-order chi connectivity index (χ0) is 13.1. The van der Waals surface area contributed by atoms with E-state index in [1.807, 2.05) is 42.5 Å². The fraction of sp³-hybridized carbons (Fsp3) is 0.308. The second-order valence-corrected chi connectivity index (χ2v) is 5.59. The van der Waals surface area contributed by atoms with Gasteiger partial charge in [0.2, 0.25) is 0 Å². The van der Waals surface area contributed by atoms with E-state index >= 15 is 0 Å². The fourth-order valence-electron chi connectivity index (χ4n) is 1.92. The van der Waals surface area contributed by atoms with Crippen molar-refractivity contribution in [1.82, 2.24) is 4.98 Å². The molecule has 0 amide bonds. The molecule has 0 aliphatic carbocycles. The molecule has 96 valence electrons. The summed E-state index contributed by atoms with van der Waals surface area (Å²) >= 11 is 7.84. The molecule has 0 bridgehead atoms. The predicted octanol–water partition coefficient (Wildman–Crippen LogP) is 3.23. The van der Waals surface area contributed by atoms with Crippen LogP contribution in [-0.4, -0.2) is 17.1 Å². The number of aliphatic hydroxyl groups excluding tert-OH is 1. The van der Waals surface area contributed by atoms with Crippen LogP contribution >= 0.6 is 22.9 Å². The molecule has 0 unspecified atom stereocenters. The first-order valence-corrected chi connectivity index (χ1v) is 6.88. The molecule has 0 aliphatic rings. The summed E-state index contributed by atoms with van der Waals surface area (Å²) in [6.07, 6.45) is 0. The first-order valence-electron chi connectivity index (χ1n) is 5.62. The van der Waals surface area contributed by atoms with Gasteiger partial charge in [-0.25, -0.2) is 4.98 Å². The molecular weight excluding hydrogens is 268 g/mol. The van der Waals surface area contributed by atoms with Gasteiger partial charge in [0.25, 0.3) is 0 Å². The highest BCUT2D eigenvalue weighted by molar-refractivity contribution is 7.09. The van der Waals surface area contributed by atoms with E-state index in [0.29, 0.717) is 11.6 Å². The highest BCUT2D eigenvalue weighted by Gasteiger charge is 2.12. The lowest BCUT2D eigenvalue weighted by Gasteiger charge is -2.22. The Morgan fingerprint density at radius 2 is 2.22 bits per heavy atom. The lowest BCUT2D eigenvalue weighted by Crippen LogP contribution is -2.18. The van der Waals surface area contributed by atoms with E-state index in [9.17, 15) is 5.11 Å². The Kier molecular flexibility index (Phi) is 4.22. The van der Waals surface area contributed by atoms with E-state index in [1.54, 1.807) is 11.3 Å². The van der Waals surface area contributed by atoms with Gasteiger partial charge in [0, 0.05) is 18.0 Å². The number of aromatic nitrogens is 1. The minimum Gasteiger partial charge on any atom is -0.392 e. The van der Waals surface area contributed by atoms with Crippen LogP contribution in [0.15, 0.2) is 23.6 Å². The summed E-state index contributed by atoms with van der Waals surface area (Å²) in [4.78, 5) is 6.45. The highest BCUT2D eigenvalue weighted by Crippen LogP contribution is 2.30. The first-order chi connectivity index (χ1) is 8.61. The number of aryl methyl sites for hydroxylation is 1. The Hall–Kier alpha value is -1.10. The van der Waals surface area contributed by atoms with Gasteiger partial charge in [0.05, 0.1) is 34.6 Å². The van der Waals surface area contributed by atoms with Crippen molar-refractivity contribution in [2.45, 2.75) is 20.1 Å². The summed E-state index contributed by atoms with van der Waals surface area (Å²) < 4.78 is 0. The van der Waals surface area contributed by atoms with Crippen molar-refractivity contribution < 1.29 is 5.11 Å². The lowest BCUT2D eigenvalue weighted by molar-refractivity contribution is 0.282. The van der Waals surface area contributed by atoms with Gasteiger partial charge >= 0.3 is 0 Å². The molecule has 1 aromatic carbocycles. The average Bonchev–Trinajstić information content (AvgIpc) is 2.74. The maximum absolute atomic E-state index is 9.36. The number of hydrogen-bond acceptors (Lipinski definition) is 4. The van der Waals surface area contributed by atoms with Gasteiger partial charge < -0.3 is 10.0 Å². The standard InChI is InChI=1S/C13H15ClN2OS/c1-9-15-11(8-18-9)6-16(2)13-10(7-17)4-3-5-12(13)14/h3-5,8,17H,6-7H2,1-2H3. The third kappa shape index (κ3) is 2.83. The van der Waals surface area contributed by atoms with Crippen LogP contribution in [0.1, 0.15) is 16.3 Å². The zero-order valence-corrected chi connectivity index (χ0v) is 11.9. The van der Waals surface area contributed by atoms with Gasteiger partial charge in [-0.05, 0) is 13.0 Å². The van der Waals surface area contributed by atoms with Crippen molar-refractivity contribution in [2.75, 3.05) is 11.9 Å². The molecule has 0 spiro atoms. The molecule has 3 nitrogen and oxygen atoms in total. The minimum atomic E-state index is -0.0175. The Labute approximate surface area is 116 Å². The van der Waals surface area contributed by atoms with Gasteiger partial charge in [-0.1, -0.05) is 23.7 Å². The second-order valence-electron chi connectivity index (χ2n) is 4.12. The quantitative estimate of drug-likeness (QED) is 0.935. The van der Waals surface area contributed by atoms with Crippen molar-refractivity contribution in [3.8, 4) is 0 Å². The molecule has 2 rings (SSSR count). The maximum Gasteiger partial charge on any atom is 0.0898 e. The molecule has 2 aromatic rings. The molecular formula is C13H15ClN2OS. The SMILES string of the molecule is Cc1nc(CN(C)c2c(Cl)cccc2CO)cs1. The zero-order valence-electron chi connectivity index (χ0n) is 10.4. The molecule has 1 N–H and O–H groups in total. The molecule has 0 fully saturated rings. The second kappa shape index (κ2) is 5.69. The van der Waals surface area contributed by atoms with Crippen LogP contribution in [0.25, 0.3) is 0 Å². The van der Waals surface area contributed by atoms with Crippen LogP contribution in [0.4, 0.5) is 5.69 Å². The monoisotopic (exact) mass is 282 g/mol. The van der Waals surface area contributed by atoms with Crippen LogP contribution < -0.4 is 4.90 Å². The normalized spacial score (nSPS) is 10.7. The number of rotatable bonds is 4. The van der Waals surface area contributed by atoms with Crippen LogP contribution in [0.5, 0.6) is 0 Å². The van der Waals surface area contributed by atoms with Crippen molar-refractivity contribution in [3.63, 3.8) is 0 Å². The Bertz CT molecular complexity index is 542. The third-order valence-corrected chi connectivity index (χ3v) is 3.82. The van der Waals surface area contributed by atoms with Gasteiger partial charge in [0.15, 0.2) is 0 Å². The molecule has 0 aliphatic heterocycles. The van der Waals surface area contributed by atoms with Crippen molar-refractivity contribution in [2.24, 2.45) is 0 Å². The van der Waals surface area contributed by atoms with Gasteiger partial charge in [-0.2, -0.15) is 0 Å². The number of hydrogen-bond donors (Lipinski definition) is 1. The summed E-state index contributed by atoms with van der Waals surface area (Å²) in [7, 11) is 1.95. The summed E-state index contributed by atoms with van der Waals surface area (Å²) in [6.45, 7) is 2.65. The summed E-state index contributed by atoms with van der Waals surface area (Å²) in [5.74, 6) is 0. The molecule has 0 atom stereocenters. The highest BCUT2D eigenvalue weighted by atomic mass is 35.5. The lowest BCUT2D eigenvalue weighted by atomic mass is 10.1. The van der Waals surface area contributed by atoms with Crippen LogP contribution in [0, 0.1) is 6.92 Å². The molecule has 0 saturated heterocycles. The number of halogens is 1. The van der Waals surface area contributed by atoms with Gasteiger partial charge in [0.1, 0.15) is 0 Å². The third-order valence-electron chi connectivity index (χ3n) is 2.69. The molecule has 0 radical (unpaired) electrons. The van der Waals surface area contributed by atoms with Gasteiger partial charge in [-0.3, -0.25) is 0 Å². The maximum atomic E-state index is 9.36. The van der Waals surface area contributed by atoms with Gasteiger partial charge in [-0.15, -0.1) is 11.3 Å². The van der Waals surface area contributed by atoms with Crippen molar-refractivity contribution in [1.29, 1.82) is 0 Å². The fourth-order valence-corrected chi connectivity index (χ4v) is 2.86. The average molecular weight is 283 g/mol. The Morgan fingerprint density at radius 1 is 1.44 bits per heavy atom. The number of thiazole rings is 1. The number of anilines is 1. The van der Waals surface area contributed by atoms with Crippen LogP contribution in [-0.2, 0) is 13.2 Å². The number of benzene rings is 1. The largest absolute Gasteiger partial charge is 0.392 e. The van der Waals surface area contributed by atoms with E-state index in [1.165, 1.54) is 0 Å². The molecule has 1 heterocycles. The van der Waals surface area contributed by atoms with Crippen molar-refractivity contribution in [3.05, 3.63) is 44.9 Å². The minimum absolute atomic E-state index is 0.0175. The number of para-hydroxylation sites is 1. The number of nitrogens with zero attached hydrogens (tertiary/aromatic N) is 2. The van der Waals surface area contributed by atoms with Crippen molar-refractivity contribution >= 4 is 28.6 Å². The molecule has 5 heteroatoms. The smallest absolute Gasteiger partial charge is 0.0898 e. The molecule has 0 saturated carbocycles.